The fourth-order valence-corrected chi connectivity index (χ4v) is 5.55. The van der Waals surface area contributed by atoms with Gasteiger partial charge in [0, 0.05) is 17.5 Å². The second-order valence-electron chi connectivity index (χ2n) is 8.51. The Morgan fingerprint density at radius 2 is 2.03 bits per heavy atom. The molecule has 3 aromatic rings. The van der Waals surface area contributed by atoms with Crippen LogP contribution in [0.15, 0.2) is 46.3 Å². The number of benzene rings is 1. The number of aryl methyl sites for hydroxylation is 1. The van der Waals surface area contributed by atoms with Crippen molar-refractivity contribution in [2.45, 2.75) is 69.4 Å². The molecule has 0 spiro atoms. The smallest absolute Gasteiger partial charge is 0.262 e. The molecule has 1 aliphatic carbocycles. The molecule has 0 bridgehead atoms. The highest BCUT2D eigenvalue weighted by atomic mass is 32.2. The number of thiophene rings is 1. The lowest BCUT2D eigenvalue weighted by Crippen LogP contribution is -2.31. The molecule has 2 aromatic heterocycles. The van der Waals surface area contributed by atoms with Gasteiger partial charge in [0.15, 0.2) is 5.16 Å². The van der Waals surface area contributed by atoms with E-state index in [1.54, 1.807) is 15.9 Å². The fraction of sp³-hybridized carbons (Fsp3) is 0.458. The van der Waals surface area contributed by atoms with Crippen LogP contribution < -0.4 is 10.9 Å². The Balaban J connectivity index is 1.76. The van der Waals surface area contributed by atoms with Gasteiger partial charge in [-0.2, -0.15) is 0 Å². The quantitative estimate of drug-likeness (QED) is 0.357. The zero-order valence-corrected chi connectivity index (χ0v) is 19.9. The van der Waals surface area contributed by atoms with Crippen LogP contribution in [-0.2, 0) is 17.8 Å². The predicted molar refractivity (Wildman–Crippen MR) is 129 cm³/mol. The minimum Gasteiger partial charge on any atom is -0.352 e. The Morgan fingerprint density at radius 1 is 1.29 bits per heavy atom. The summed E-state index contributed by atoms with van der Waals surface area (Å²) in [7, 11) is 0. The van der Waals surface area contributed by atoms with Gasteiger partial charge in [-0.05, 0) is 43.2 Å². The van der Waals surface area contributed by atoms with Gasteiger partial charge in [0.25, 0.3) is 5.56 Å². The van der Waals surface area contributed by atoms with E-state index < -0.39 is 5.25 Å². The third-order valence-corrected chi connectivity index (χ3v) is 7.85. The van der Waals surface area contributed by atoms with E-state index >= 15 is 0 Å². The van der Waals surface area contributed by atoms with E-state index in [0.29, 0.717) is 23.0 Å². The zero-order chi connectivity index (χ0) is 22.0. The molecule has 0 saturated heterocycles. The summed E-state index contributed by atoms with van der Waals surface area (Å²) in [6.07, 6.45) is 3.84. The number of hydrogen-bond donors (Lipinski definition) is 1. The highest BCUT2D eigenvalue weighted by molar-refractivity contribution is 8.00. The molecule has 164 valence electrons. The lowest BCUT2D eigenvalue weighted by molar-refractivity contribution is -0.120. The van der Waals surface area contributed by atoms with Crippen LogP contribution in [0.3, 0.4) is 0 Å². The van der Waals surface area contributed by atoms with Gasteiger partial charge in [-0.15, -0.1) is 11.3 Å². The van der Waals surface area contributed by atoms with E-state index in [1.807, 2.05) is 36.4 Å². The first-order valence-electron chi connectivity index (χ1n) is 11.0. The first-order valence-corrected chi connectivity index (χ1v) is 12.7. The molecule has 1 saturated carbocycles. The maximum Gasteiger partial charge on any atom is 0.262 e. The second-order valence-corrected chi connectivity index (χ2v) is 10.7. The Bertz CT molecular complexity index is 1120. The van der Waals surface area contributed by atoms with Crippen LogP contribution in [0.1, 0.15) is 55.7 Å². The normalized spacial score (nSPS) is 14.8. The Labute approximate surface area is 191 Å². The maximum atomic E-state index is 13.4. The number of nitrogens with zero attached hydrogens (tertiary/aromatic N) is 2. The molecule has 1 fully saturated rings. The standard InChI is InChI=1S/C24H29N3O2S2/c1-4-18-14-19-22(30-18)26-24(27(23(19)29)13-12-15(2)3)31-20(16-8-6-5-7-9-16)21(28)25-17-10-11-17/h5-9,14-15,17,20H,4,10-13H2,1-3H3,(H,25,28). The summed E-state index contributed by atoms with van der Waals surface area (Å²) in [5.41, 5.74) is 0.925. The summed E-state index contributed by atoms with van der Waals surface area (Å²) in [5.74, 6) is 0.459. The van der Waals surface area contributed by atoms with E-state index in [9.17, 15) is 9.59 Å². The summed E-state index contributed by atoms with van der Waals surface area (Å²) >= 11 is 2.96. The van der Waals surface area contributed by atoms with Crippen molar-refractivity contribution < 1.29 is 4.79 Å². The minimum atomic E-state index is -0.443. The van der Waals surface area contributed by atoms with Crippen molar-refractivity contribution in [3.8, 4) is 0 Å². The van der Waals surface area contributed by atoms with Gasteiger partial charge in [0.1, 0.15) is 10.1 Å². The number of hydrogen-bond acceptors (Lipinski definition) is 5. The molecule has 1 aliphatic rings. The van der Waals surface area contributed by atoms with Crippen LogP contribution in [0.25, 0.3) is 10.2 Å². The number of fused-ring (bicyclic) bond motifs is 1. The monoisotopic (exact) mass is 455 g/mol. The molecule has 7 heteroatoms. The maximum absolute atomic E-state index is 13.4. The van der Waals surface area contributed by atoms with E-state index in [-0.39, 0.29) is 17.5 Å². The number of rotatable bonds is 9. The number of aromatic nitrogens is 2. The molecule has 0 radical (unpaired) electrons. The molecule has 5 nitrogen and oxygen atoms in total. The van der Waals surface area contributed by atoms with Gasteiger partial charge in [-0.1, -0.05) is 62.9 Å². The molecular formula is C24H29N3O2S2. The topological polar surface area (TPSA) is 64.0 Å². The molecule has 1 amide bonds. The number of carbonyl (C=O) groups is 1. The second kappa shape index (κ2) is 9.57. The number of thioether (sulfide) groups is 1. The molecule has 0 aliphatic heterocycles. The minimum absolute atomic E-state index is 0.00138. The van der Waals surface area contributed by atoms with Crippen molar-refractivity contribution in [1.29, 1.82) is 0 Å². The van der Waals surface area contributed by atoms with Crippen molar-refractivity contribution in [1.82, 2.24) is 14.9 Å². The molecule has 1 atom stereocenters. The third-order valence-electron chi connectivity index (χ3n) is 5.43. The first-order chi connectivity index (χ1) is 15.0. The highest BCUT2D eigenvalue weighted by Crippen LogP contribution is 2.36. The lowest BCUT2D eigenvalue weighted by atomic mass is 10.1. The van der Waals surface area contributed by atoms with Gasteiger partial charge in [-0.25, -0.2) is 4.98 Å². The van der Waals surface area contributed by atoms with Crippen molar-refractivity contribution in [3.05, 3.63) is 57.2 Å². The average Bonchev–Trinajstić information content (AvgIpc) is 3.47. The molecular weight excluding hydrogens is 426 g/mol. The zero-order valence-electron chi connectivity index (χ0n) is 18.3. The van der Waals surface area contributed by atoms with Crippen molar-refractivity contribution in [2.75, 3.05) is 0 Å². The Morgan fingerprint density at radius 3 is 2.68 bits per heavy atom. The van der Waals surface area contributed by atoms with Crippen LogP contribution in [0.2, 0.25) is 0 Å². The number of nitrogens with one attached hydrogen (secondary N) is 1. The summed E-state index contributed by atoms with van der Waals surface area (Å²) < 4.78 is 1.78. The molecule has 1 aromatic carbocycles. The molecule has 1 N–H and O–H groups in total. The van der Waals surface area contributed by atoms with Crippen molar-refractivity contribution in [2.24, 2.45) is 5.92 Å². The van der Waals surface area contributed by atoms with Gasteiger partial charge in [0.2, 0.25) is 5.91 Å². The third kappa shape index (κ3) is 5.21. The van der Waals surface area contributed by atoms with Crippen LogP contribution in [-0.4, -0.2) is 21.5 Å². The van der Waals surface area contributed by atoms with E-state index in [1.165, 1.54) is 11.8 Å². The fourth-order valence-electron chi connectivity index (χ4n) is 3.41. The molecule has 4 rings (SSSR count). The SMILES string of the molecule is CCc1cc2c(=O)n(CCC(C)C)c(SC(C(=O)NC3CC3)c3ccccc3)nc2s1. The summed E-state index contributed by atoms with van der Waals surface area (Å²) in [5, 5.41) is 4.01. The summed E-state index contributed by atoms with van der Waals surface area (Å²) in [6.45, 7) is 7.00. The molecule has 2 heterocycles. The van der Waals surface area contributed by atoms with Gasteiger partial charge in [0.05, 0.1) is 5.39 Å². The highest BCUT2D eigenvalue weighted by Gasteiger charge is 2.30. The van der Waals surface area contributed by atoms with Crippen molar-refractivity contribution >= 4 is 39.2 Å². The number of carbonyl (C=O) groups excluding carboxylic acids is 1. The van der Waals surface area contributed by atoms with E-state index in [0.717, 1.165) is 41.0 Å². The van der Waals surface area contributed by atoms with E-state index in [4.69, 9.17) is 4.98 Å². The summed E-state index contributed by atoms with van der Waals surface area (Å²) in [6, 6.07) is 12.0. The number of amides is 1. The average molecular weight is 456 g/mol. The lowest BCUT2D eigenvalue weighted by Gasteiger charge is -2.19. The van der Waals surface area contributed by atoms with Gasteiger partial charge in [-0.3, -0.25) is 14.2 Å². The molecule has 31 heavy (non-hydrogen) atoms. The Kier molecular flexibility index (Phi) is 6.82. The van der Waals surface area contributed by atoms with Crippen LogP contribution in [0.4, 0.5) is 0 Å². The van der Waals surface area contributed by atoms with Gasteiger partial charge < -0.3 is 5.32 Å². The van der Waals surface area contributed by atoms with E-state index in [2.05, 4.69) is 26.1 Å². The Hall–Kier alpha value is -2.12. The van der Waals surface area contributed by atoms with Crippen LogP contribution in [0, 0.1) is 5.92 Å². The summed E-state index contributed by atoms with van der Waals surface area (Å²) in [4.78, 5) is 33.3. The predicted octanol–water partition coefficient (Wildman–Crippen LogP) is 5.18. The largest absolute Gasteiger partial charge is 0.352 e. The van der Waals surface area contributed by atoms with Gasteiger partial charge >= 0.3 is 0 Å². The molecule has 1 unspecified atom stereocenters. The van der Waals surface area contributed by atoms with Crippen LogP contribution in [0.5, 0.6) is 0 Å². The first kappa shape index (κ1) is 22.1. The van der Waals surface area contributed by atoms with Crippen LogP contribution >= 0.6 is 23.1 Å². The van der Waals surface area contributed by atoms with Crippen molar-refractivity contribution in [3.63, 3.8) is 0 Å².